The molecule has 1 aliphatic heterocycles. The first kappa shape index (κ1) is 19.4. The number of aromatic nitrogens is 4. The van der Waals surface area contributed by atoms with Gasteiger partial charge in [0.1, 0.15) is 11.6 Å². The lowest BCUT2D eigenvalue weighted by molar-refractivity contribution is -0.131. The average molecular weight is 393 g/mol. The van der Waals surface area contributed by atoms with Crippen molar-refractivity contribution < 1.29 is 4.79 Å². The lowest BCUT2D eigenvalue weighted by Crippen LogP contribution is -2.49. The quantitative estimate of drug-likeness (QED) is 0.667. The van der Waals surface area contributed by atoms with Crippen molar-refractivity contribution in [1.82, 2.24) is 24.6 Å². The monoisotopic (exact) mass is 392 g/mol. The molecule has 0 aliphatic carbocycles. The van der Waals surface area contributed by atoms with Gasteiger partial charge in [-0.1, -0.05) is 32.0 Å². The Labute approximate surface area is 171 Å². The van der Waals surface area contributed by atoms with Crippen LogP contribution in [0.2, 0.25) is 0 Å². The first-order valence-electron chi connectivity index (χ1n) is 10.5. The number of rotatable bonds is 5. The van der Waals surface area contributed by atoms with Crippen LogP contribution in [0.25, 0.3) is 16.7 Å². The Morgan fingerprint density at radius 2 is 1.76 bits per heavy atom. The predicted octanol–water partition coefficient (Wildman–Crippen LogP) is 3.14. The number of carbonyl (C=O) groups is 1. The standard InChI is InChI=1S/C22H28N6O/c1-4-9-18-23-21(27-14-12-26(13-15-27)19(29)5-2)20-16(3)25-28(22(20)24-18)17-10-7-6-8-11-17/h6-8,10-11H,4-5,9,12-15H2,1-3H3. The lowest BCUT2D eigenvalue weighted by Gasteiger charge is -2.35. The third-order valence-electron chi connectivity index (χ3n) is 5.44. The summed E-state index contributed by atoms with van der Waals surface area (Å²) in [6.07, 6.45) is 2.37. The molecular formula is C22H28N6O. The van der Waals surface area contributed by atoms with E-state index in [1.807, 2.05) is 53.8 Å². The molecule has 0 radical (unpaired) electrons. The van der Waals surface area contributed by atoms with Crippen LogP contribution in [0.4, 0.5) is 5.82 Å². The summed E-state index contributed by atoms with van der Waals surface area (Å²) in [5, 5.41) is 5.80. The Bertz CT molecular complexity index is 1010. The van der Waals surface area contributed by atoms with E-state index >= 15 is 0 Å². The molecule has 0 saturated carbocycles. The Morgan fingerprint density at radius 1 is 1.03 bits per heavy atom. The lowest BCUT2D eigenvalue weighted by atomic mass is 10.2. The average Bonchev–Trinajstić information content (AvgIpc) is 3.10. The summed E-state index contributed by atoms with van der Waals surface area (Å²) >= 11 is 0. The van der Waals surface area contributed by atoms with Gasteiger partial charge in [-0.2, -0.15) is 5.10 Å². The number of fused-ring (bicyclic) bond motifs is 1. The molecule has 1 aromatic carbocycles. The molecule has 3 heterocycles. The van der Waals surface area contributed by atoms with E-state index in [1.54, 1.807) is 0 Å². The topological polar surface area (TPSA) is 67.2 Å². The second-order valence-corrected chi connectivity index (χ2v) is 7.47. The molecule has 2 aromatic heterocycles. The van der Waals surface area contributed by atoms with Crippen LogP contribution >= 0.6 is 0 Å². The van der Waals surface area contributed by atoms with Gasteiger partial charge in [0.05, 0.1) is 16.8 Å². The molecule has 3 aromatic rings. The number of hydrogen-bond acceptors (Lipinski definition) is 5. The Balaban J connectivity index is 1.78. The van der Waals surface area contributed by atoms with Gasteiger partial charge in [0.2, 0.25) is 5.91 Å². The normalized spacial score (nSPS) is 14.6. The molecule has 1 fully saturated rings. The Hall–Kier alpha value is -2.96. The molecule has 152 valence electrons. The van der Waals surface area contributed by atoms with Crippen molar-refractivity contribution in [3.8, 4) is 5.69 Å². The smallest absolute Gasteiger partial charge is 0.222 e. The molecule has 0 spiro atoms. The number of nitrogens with zero attached hydrogens (tertiary/aromatic N) is 6. The zero-order valence-electron chi connectivity index (χ0n) is 17.4. The summed E-state index contributed by atoms with van der Waals surface area (Å²) in [6.45, 7) is 9.09. The van der Waals surface area contributed by atoms with Crippen LogP contribution in [0.15, 0.2) is 30.3 Å². The van der Waals surface area contributed by atoms with Crippen LogP contribution in [-0.4, -0.2) is 56.7 Å². The number of para-hydroxylation sites is 1. The van der Waals surface area contributed by atoms with Gasteiger partial charge in [0, 0.05) is 39.0 Å². The fourth-order valence-electron chi connectivity index (χ4n) is 3.91. The van der Waals surface area contributed by atoms with E-state index in [1.165, 1.54) is 0 Å². The molecule has 1 aliphatic rings. The van der Waals surface area contributed by atoms with Gasteiger partial charge in [-0.25, -0.2) is 14.6 Å². The summed E-state index contributed by atoms with van der Waals surface area (Å²) in [7, 11) is 0. The van der Waals surface area contributed by atoms with Crippen molar-refractivity contribution in [3.63, 3.8) is 0 Å². The largest absolute Gasteiger partial charge is 0.352 e. The first-order chi connectivity index (χ1) is 14.1. The van der Waals surface area contributed by atoms with Gasteiger partial charge in [0.15, 0.2) is 5.65 Å². The number of hydrogen-bond donors (Lipinski definition) is 0. The summed E-state index contributed by atoms with van der Waals surface area (Å²) in [5.74, 6) is 2.01. The zero-order valence-corrected chi connectivity index (χ0v) is 17.4. The van der Waals surface area contributed by atoms with E-state index in [4.69, 9.17) is 15.1 Å². The number of benzene rings is 1. The van der Waals surface area contributed by atoms with Crippen molar-refractivity contribution in [2.75, 3.05) is 31.1 Å². The molecule has 4 rings (SSSR count). The van der Waals surface area contributed by atoms with Gasteiger partial charge >= 0.3 is 0 Å². The van der Waals surface area contributed by atoms with Crippen molar-refractivity contribution >= 4 is 22.8 Å². The van der Waals surface area contributed by atoms with Crippen molar-refractivity contribution in [1.29, 1.82) is 0 Å². The van der Waals surface area contributed by atoms with Crippen LogP contribution in [-0.2, 0) is 11.2 Å². The van der Waals surface area contributed by atoms with Crippen molar-refractivity contribution in [2.45, 2.75) is 40.0 Å². The maximum atomic E-state index is 12.0. The highest BCUT2D eigenvalue weighted by molar-refractivity contribution is 5.91. The molecule has 0 N–H and O–H groups in total. The minimum atomic E-state index is 0.220. The zero-order chi connectivity index (χ0) is 20.4. The number of anilines is 1. The first-order valence-corrected chi connectivity index (χ1v) is 10.5. The van der Waals surface area contributed by atoms with E-state index in [0.717, 1.165) is 73.1 Å². The second-order valence-electron chi connectivity index (χ2n) is 7.47. The predicted molar refractivity (Wildman–Crippen MR) is 114 cm³/mol. The van der Waals surface area contributed by atoms with Gasteiger partial charge in [-0.05, 0) is 25.5 Å². The Kier molecular flexibility index (Phi) is 5.47. The summed E-state index contributed by atoms with van der Waals surface area (Å²) in [5.41, 5.74) is 2.78. The Morgan fingerprint density at radius 3 is 2.41 bits per heavy atom. The molecule has 0 atom stereocenters. The van der Waals surface area contributed by atoms with Gasteiger partial charge in [-0.3, -0.25) is 4.79 Å². The SMILES string of the molecule is CCCc1nc(N2CCN(C(=O)CC)CC2)c2c(C)nn(-c3ccccc3)c2n1. The van der Waals surface area contributed by atoms with Gasteiger partial charge in [0.25, 0.3) is 0 Å². The highest BCUT2D eigenvalue weighted by Gasteiger charge is 2.25. The van der Waals surface area contributed by atoms with E-state index < -0.39 is 0 Å². The maximum Gasteiger partial charge on any atom is 0.222 e. The molecule has 0 unspecified atom stereocenters. The third-order valence-corrected chi connectivity index (χ3v) is 5.44. The van der Waals surface area contributed by atoms with Crippen LogP contribution in [0.1, 0.15) is 38.2 Å². The molecule has 1 amide bonds. The highest BCUT2D eigenvalue weighted by Crippen LogP contribution is 2.30. The van der Waals surface area contributed by atoms with Gasteiger partial charge in [-0.15, -0.1) is 0 Å². The minimum Gasteiger partial charge on any atom is -0.352 e. The molecule has 29 heavy (non-hydrogen) atoms. The van der Waals surface area contributed by atoms with Gasteiger partial charge < -0.3 is 9.80 Å². The third kappa shape index (κ3) is 3.69. The minimum absolute atomic E-state index is 0.220. The number of piperazine rings is 1. The molecule has 7 heteroatoms. The van der Waals surface area contributed by atoms with E-state index in [2.05, 4.69) is 11.8 Å². The summed E-state index contributed by atoms with van der Waals surface area (Å²) in [6, 6.07) is 10.1. The van der Waals surface area contributed by atoms with Crippen molar-refractivity contribution in [3.05, 3.63) is 41.9 Å². The highest BCUT2D eigenvalue weighted by atomic mass is 16.2. The fourth-order valence-corrected chi connectivity index (χ4v) is 3.91. The molecule has 7 nitrogen and oxygen atoms in total. The molecule has 0 bridgehead atoms. The number of amides is 1. The summed E-state index contributed by atoms with van der Waals surface area (Å²) in [4.78, 5) is 26.1. The van der Waals surface area contributed by atoms with E-state index in [-0.39, 0.29) is 5.91 Å². The number of carbonyl (C=O) groups excluding carboxylic acids is 1. The molecule has 1 saturated heterocycles. The number of aryl methyl sites for hydroxylation is 2. The van der Waals surface area contributed by atoms with Crippen LogP contribution in [0.3, 0.4) is 0 Å². The van der Waals surface area contributed by atoms with E-state index in [9.17, 15) is 4.79 Å². The van der Waals surface area contributed by atoms with Crippen LogP contribution in [0, 0.1) is 6.92 Å². The fraction of sp³-hybridized carbons (Fsp3) is 0.455. The van der Waals surface area contributed by atoms with Crippen LogP contribution < -0.4 is 4.90 Å². The maximum absolute atomic E-state index is 12.0. The molecular weight excluding hydrogens is 364 g/mol. The van der Waals surface area contributed by atoms with E-state index in [0.29, 0.717) is 6.42 Å². The van der Waals surface area contributed by atoms with Crippen molar-refractivity contribution in [2.24, 2.45) is 0 Å². The van der Waals surface area contributed by atoms with Crippen LogP contribution in [0.5, 0.6) is 0 Å². The second kappa shape index (κ2) is 8.19. The summed E-state index contributed by atoms with van der Waals surface area (Å²) < 4.78 is 1.92.